The Morgan fingerprint density at radius 2 is 1.77 bits per heavy atom. The van der Waals surface area contributed by atoms with Gasteiger partial charge in [-0.2, -0.15) is 0 Å². The Balaban J connectivity index is 1.58. The molecule has 0 saturated carbocycles. The van der Waals surface area contributed by atoms with Crippen molar-refractivity contribution in [1.82, 2.24) is 0 Å². The minimum Gasteiger partial charge on any atom is -0.497 e. The molecule has 0 atom stereocenters. The maximum atomic E-state index is 13.0. The molecule has 0 spiro atoms. The third kappa shape index (κ3) is 4.42. The molecule has 0 aliphatic carbocycles. The summed E-state index contributed by atoms with van der Waals surface area (Å²) in [6, 6.07) is 21.3. The van der Waals surface area contributed by atoms with Gasteiger partial charge in [-0.25, -0.2) is 4.79 Å². The van der Waals surface area contributed by atoms with Crippen molar-refractivity contribution >= 4 is 28.8 Å². The summed E-state index contributed by atoms with van der Waals surface area (Å²) in [4.78, 5) is 27.3. The molecular weight excluding hydrogens is 396 g/mol. The van der Waals surface area contributed by atoms with Gasteiger partial charge in [0.25, 0.3) is 5.69 Å². The number of nitrogens with one attached hydrogen (secondary N) is 1. The van der Waals surface area contributed by atoms with Gasteiger partial charge in [0, 0.05) is 43.5 Å². The van der Waals surface area contributed by atoms with Gasteiger partial charge in [0.1, 0.15) is 5.75 Å². The fourth-order valence-electron chi connectivity index (χ4n) is 3.61. The summed E-state index contributed by atoms with van der Waals surface area (Å²) >= 11 is 0. The first kappa shape index (κ1) is 20.2. The van der Waals surface area contributed by atoms with E-state index in [1.807, 2.05) is 36.4 Å². The van der Waals surface area contributed by atoms with E-state index in [1.54, 1.807) is 12.0 Å². The lowest BCUT2D eigenvalue weighted by Crippen LogP contribution is -2.45. The maximum Gasteiger partial charge on any atom is 0.326 e. The molecule has 0 unspecified atom stereocenters. The number of anilines is 3. The number of fused-ring (bicyclic) bond motifs is 1. The lowest BCUT2D eigenvalue weighted by molar-refractivity contribution is -0.384. The topological polar surface area (TPSA) is 88.0 Å². The molecule has 1 aliphatic heterocycles. The Hall–Kier alpha value is -4.07. The van der Waals surface area contributed by atoms with Crippen LogP contribution in [0.2, 0.25) is 0 Å². The molecule has 158 valence electrons. The Kier molecular flexibility index (Phi) is 5.70. The molecule has 3 aromatic carbocycles. The highest BCUT2D eigenvalue weighted by Gasteiger charge is 2.27. The van der Waals surface area contributed by atoms with Crippen LogP contribution in [0.15, 0.2) is 72.8 Å². The molecule has 8 heteroatoms. The molecule has 1 aliphatic rings. The number of carbonyl (C=O) groups is 1. The molecule has 1 heterocycles. The van der Waals surface area contributed by atoms with Crippen LogP contribution in [-0.2, 0) is 6.54 Å². The van der Waals surface area contributed by atoms with E-state index in [0.29, 0.717) is 18.8 Å². The van der Waals surface area contributed by atoms with Crippen LogP contribution >= 0.6 is 0 Å². The first-order valence-electron chi connectivity index (χ1n) is 9.85. The molecular formula is C23H22N4O4. The SMILES string of the molecule is COc1ccc2c(c1)N(Cc1ccccc1)CCN2C(=O)Nc1ccc([N+](=O)[O-])cc1. The molecule has 3 aromatic rings. The number of urea groups is 1. The number of nitro groups is 1. The minimum absolute atomic E-state index is 0.0232. The average Bonchev–Trinajstić information content (AvgIpc) is 2.80. The van der Waals surface area contributed by atoms with Crippen molar-refractivity contribution in [2.75, 3.05) is 35.3 Å². The van der Waals surface area contributed by atoms with Crippen molar-refractivity contribution in [2.45, 2.75) is 6.54 Å². The Labute approximate surface area is 179 Å². The second-order valence-corrected chi connectivity index (χ2v) is 7.15. The number of hydrogen-bond acceptors (Lipinski definition) is 5. The normalized spacial score (nSPS) is 12.8. The molecule has 0 radical (unpaired) electrons. The van der Waals surface area contributed by atoms with E-state index in [1.165, 1.54) is 29.8 Å². The summed E-state index contributed by atoms with van der Waals surface area (Å²) in [6.45, 7) is 1.88. The van der Waals surface area contributed by atoms with Crippen LogP contribution in [-0.4, -0.2) is 31.2 Å². The van der Waals surface area contributed by atoms with Crippen LogP contribution in [0.5, 0.6) is 5.75 Å². The largest absolute Gasteiger partial charge is 0.497 e. The predicted molar refractivity (Wildman–Crippen MR) is 120 cm³/mol. The molecule has 4 rings (SSSR count). The van der Waals surface area contributed by atoms with Gasteiger partial charge in [-0.05, 0) is 29.8 Å². The number of nitro benzene ring substituents is 1. The van der Waals surface area contributed by atoms with Crippen LogP contribution in [0.3, 0.4) is 0 Å². The Morgan fingerprint density at radius 3 is 2.45 bits per heavy atom. The van der Waals surface area contributed by atoms with Crippen LogP contribution < -0.4 is 19.9 Å². The zero-order chi connectivity index (χ0) is 21.8. The van der Waals surface area contributed by atoms with E-state index in [9.17, 15) is 14.9 Å². The van der Waals surface area contributed by atoms with Gasteiger partial charge in [-0.3, -0.25) is 15.0 Å². The van der Waals surface area contributed by atoms with Crippen molar-refractivity contribution in [1.29, 1.82) is 0 Å². The lowest BCUT2D eigenvalue weighted by Gasteiger charge is -2.38. The number of hydrogen-bond donors (Lipinski definition) is 1. The van der Waals surface area contributed by atoms with Crippen LogP contribution in [0.25, 0.3) is 0 Å². The number of rotatable bonds is 5. The summed E-state index contributed by atoms with van der Waals surface area (Å²) in [5, 5.41) is 13.7. The highest BCUT2D eigenvalue weighted by molar-refractivity contribution is 6.04. The molecule has 2 amide bonds. The number of amides is 2. The van der Waals surface area contributed by atoms with Gasteiger partial charge in [0.15, 0.2) is 0 Å². The summed E-state index contributed by atoms with van der Waals surface area (Å²) in [5.41, 5.74) is 3.35. The van der Waals surface area contributed by atoms with Gasteiger partial charge in [-0.15, -0.1) is 0 Å². The van der Waals surface area contributed by atoms with E-state index in [-0.39, 0.29) is 11.7 Å². The van der Waals surface area contributed by atoms with Gasteiger partial charge >= 0.3 is 6.03 Å². The van der Waals surface area contributed by atoms with E-state index < -0.39 is 4.92 Å². The smallest absolute Gasteiger partial charge is 0.326 e. The van der Waals surface area contributed by atoms with Crippen molar-refractivity contribution in [3.63, 3.8) is 0 Å². The molecule has 0 saturated heterocycles. The van der Waals surface area contributed by atoms with Crippen LogP contribution in [0.1, 0.15) is 5.56 Å². The standard InChI is InChI=1S/C23H22N4O4/c1-31-20-11-12-21-22(15-20)25(16-17-5-3-2-4-6-17)13-14-26(21)23(28)24-18-7-9-19(10-8-18)27(29)30/h2-12,15H,13-14,16H2,1H3,(H,24,28). The fraction of sp³-hybridized carbons (Fsp3) is 0.174. The second kappa shape index (κ2) is 8.74. The summed E-state index contributed by atoms with van der Waals surface area (Å²) < 4.78 is 5.40. The Morgan fingerprint density at radius 1 is 1.03 bits per heavy atom. The Bertz CT molecular complexity index is 1090. The molecule has 1 N–H and O–H groups in total. The van der Waals surface area contributed by atoms with E-state index in [4.69, 9.17) is 4.74 Å². The number of non-ortho nitro benzene ring substituents is 1. The fourth-order valence-corrected chi connectivity index (χ4v) is 3.61. The van der Waals surface area contributed by atoms with Crippen LogP contribution in [0.4, 0.5) is 27.5 Å². The number of ether oxygens (including phenoxy) is 1. The third-order valence-electron chi connectivity index (χ3n) is 5.20. The van der Waals surface area contributed by atoms with Crippen molar-refractivity contribution in [3.05, 3.63) is 88.5 Å². The van der Waals surface area contributed by atoms with Crippen molar-refractivity contribution in [3.8, 4) is 5.75 Å². The van der Waals surface area contributed by atoms with Gasteiger partial charge in [-0.1, -0.05) is 30.3 Å². The highest BCUT2D eigenvalue weighted by atomic mass is 16.6. The number of methoxy groups -OCH3 is 1. The predicted octanol–water partition coefficient (Wildman–Crippen LogP) is 4.66. The van der Waals surface area contributed by atoms with Crippen molar-refractivity contribution in [2.24, 2.45) is 0 Å². The minimum atomic E-state index is -0.471. The van der Waals surface area contributed by atoms with Gasteiger partial charge in [0.05, 0.1) is 23.4 Å². The maximum absolute atomic E-state index is 13.0. The molecule has 0 fully saturated rings. The van der Waals surface area contributed by atoms with Crippen LogP contribution in [0, 0.1) is 10.1 Å². The first-order valence-corrected chi connectivity index (χ1v) is 9.85. The van der Waals surface area contributed by atoms with E-state index in [2.05, 4.69) is 22.3 Å². The number of nitrogens with zero attached hydrogens (tertiary/aromatic N) is 3. The average molecular weight is 418 g/mol. The first-order chi connectivity index (χ1) is 15.0. The summed E-state index contributed by atoms with van der Waals surface area (Å²) in [7, 11) is 1.62. The van der Waals surface area contributed by atoms with Gasteiger partial charge in [0.2, 0.25) is 0 Å². The van der Waals surface area contributed by atoms with E-state index >= 15 is 0 Å². The van der Waals surface area contributed by atoms with Gasteiger partial charge < -0.3 is 15.0 Å². The second-order valence-electron chi connectivity index (χ2n) is 7.15. The molecule has 0 aromatic heterocycles. The van der Waals surface area contributed by atoms with Crippen molar-refractivity contribution < 1.29 is 14.5 Å². The molecule has 0 bridgehead atoms. The molecule has 31 heavy (non-hydrogen) atoms. The quantitative estimate of drug-likeness (QED) is 0.481. The lowest BCUT2D eigenvalue weighted by atomic mass is 10.1. The zero-order valence-corrected chi connectivity index (χ0v) is 17.0. The monoisotopic (exact) mass is 418 g/mol. The highest BCUT2D eigenvalue weighted by Crippen LogP contribution is 2.37. The number of benzene rings is 3. The summed E-state index contributed by atoms with van der Waals surface area (Å²) in [6.07, 6.45) is 0. The summed E-state index contributed by atoms with van der Waals surface area (Å²) in [5.74, 6) is 0.717. The number of carbonyl (C=O) groups excluding carboxylic acids is 1. The molecule has 8 nitrogen and oxygen atoms in total. The van der Waals surface area contributed by atoms with E-state index in [0.717, 1.165) is 23.7 Å². The third-order valence-corrected chi connectivity index (χ3v) is 5.20. The zero-order valence-electron chi connectivity index (χ0n) is 17.0.